The highest BCUT2D eigenvalue weighted by molar-refractivity contribution is 5.42. The maximum Gasteiger partial charge on any atom is 0.129 e. The lowest BCUT2D eigenvalue weighted by atomic mass is 10.0. The zero-order chi connectivity index (χ0) is 11.5. The fourth-order valence-corrected chi connectivity index (χ4v) is 2.37. The van der Waals surface area contributed by atoms with Crippen LogP contribution in [-0.2, 0) is 6.42 Å². The fourth-order valence-electron chi connectivity index (χ4n) is 2.37. The van der Waals surface area contributed by atoms with Crippen LogP contribution < -0.4 is 10.1 Å². The van der Waals surface area contributed by atoms with E-state index in [2.05, 4.69) is 5.32 Å². The van der Waals surface area contributed by atoms with Crippen molar-refractivity contribution in [2.24, 2.45) is 0 Å². The molecule has 1 N–H and O–H groups in total. The zero-order valence-corrected chi connectivity index (χ0v) is 9.85. The van der Waals surface area contributed by atoms with Gasteiger partial charge in [0.1, 0.15) is 11.6 Å². The van der Waals surface area contributed by atoms with Gasteiger partial charge in [0.2, 0.25) is 0 Å². The highest BCUT2D eigenvalue weighted by atomic mass is 19.1. The molecule has 1 aromatic rings. The topological polar surface area (TPSA) is 21.3 Å². The van der Waals surface area contributed by atoms with Gasteiger partial charge in [-0.25, -0.2) is 4.39 Å². The van der Waals surface area contributed by atoms with Gasteiger partial charge in [0.25, 0.3) is 0 Å². The summed E-state index contributed by atoms with van der Waals surface area (Å²) in [5.74, 6) is 0.508. The van der Waals surface area contributed by atoms with Gasteiger partial charge in [0.15, 0.2) is 0 Å². The van der Waals surface area contributed by atoms with Gasteiger partial charge < -0.3 is 10.1 Å². The summed E-state index contributed by atoms with van der Waals surface area (Å²) < 4.78 is 18.7. The molecule has 0 bridgehead atoms. The molecule has 1 aromatic carbocycles. The van der Waals surface area contributed by atoms with E-state index in [-0.39, 0.29) is 5.82 Å². The van der Waals surface area contributed by atoms with E-state index >= 15 is 0 Å². The number of hydrogen-bond donors (Lipinski definition) is 1. The van der Waals surface area contributed by atoms with E-state index in [4.69, 9.17) is 4.74 Å². The van der Waals surface area contributed by atoms with Crippen molar-refractivity contribution in [2.45, 2.75) is 32.2 Å². The van der Waals surface area contributed by atoms with Gasteiger partial charge >= 0.3 is 0 Å². The SMILES string of the molecule is COc1c(CC2CCCN2)ccc(F)c1C. The fraction of sp³-hybridized carbons (Fsp3) is 0.538. The highest BCUT2D eigenvalue weighted by Crippen LogP contribution is 2.27. The molecule has 0 amide bonds. The van der Waals surface area contributed by atoms with E-state index < -0.39 is 0 Å². The molecule has 0 saturated carbocycles. The van der Waals surface area contributed by atoms with Crippen LogP contribution in [0.4, 0.5) is 4.39 Å². The van der Waals surface area contributed by atoms with Gasteiger partial charge in [-0.1, -0.05) is 6.07 Å². The zero-order valence-electron chi connectivity index (χ0n) is 9.85. The Balaban J connectivity index is 2.22. The second kappa shape index (κ2) is 4.83. The molecule has 16 heavy (non-hydrogen) atoms. The number of halogens is 1. The van der Waals surface area contributed by atoms with E-state index in [1.807, 2.05) is 6.07 Å². The highest BCUT2D eigenvalue weighted by Gasteiger charge is 2.18. The quantitative estimate of drug-likeness (QED) is 0.849. The van der Waals surface area contributed by atoms with E-state index in [1.165, 1.54) is 18.9 Å². The number of ether oxygens (including phenoxy) is 1. The van der Waals surface area contributed by atoms with Crippen LogP contribution in [0.3, 0.4) is 0 Å². The molecular formula is C13H18FNO. The molecule has 1 aliphatic rings. The Bertz CT molecular complexity index is 372. The van der Waals surface area contributed by atoms with E-state index in [0.29, 0.717) is 17.4 Å². The molecule has 2 nitrogen and oxygen atoms in total. The number of benzene rings is 1. The molecule has 1 aliphatic heterocycles. The van der Waals surface area contributed by atoms with Crippen molar-refractivity contribution in [3.05, 3.63) is 29.1 Å². The molecule has 0 radical (unpaired) electrons. The Labute approximate surface area is 95.8 Å². The molecule has 3 heteroatoms. The number of rotatable bonds is 3. The molecular weight excluding hydrogens is 205 g/mol. The van der Waals surface area contributed by atoms with Crippen molar-refractivity contribution in [3.63, 3.8) is 0 Å². The van der Waals surface area contributed by atoms with Crippen LogP contribution in [0.25, 0.3) is 0 Å². The molecule has 2 rings (SSSR count). The van der Waals surface area contributed by atoms with Gasteiger partial charge in [-0.3, -0.25) is 0 Å². The summed E-state index contributed by atoms with van der Waals surface area (Å²) in [5, 5.41) is 3.44. The third kappa shape index (κ3) is 2.19. The first-order valence-electron chi connectivity index (χ1n) is 5.77. The Hall–Kier alpha value is -1.09. The van der Waals surface area contributed by atoms with E-state index in [0.717, 1.165) is 18.5 Å². The first kappa shape index (κ1) is 11.4. The predicted octanol–water partition coefficient (Wildman–Crippen LogP) is 2.44. The van der Waals surface area contributed by atoms with Crippen molar-refractivity contribution in [3.8, 4) is 5.75 Å². The second-order valence-electron chi connectivity index (χ2n) is 4.36. The normalized spacial score (nSPS) is 20.1. The Kier molecular flexibility index (Phi) is 3.44. The van der Waals surface area contributed by atoms with Gasteiger partial charge in [-0.2, -0.15) is 0 Å². The third-order valence-corrected chi connectivity index (χ3v) is 3.25. The third-order valence-electron chi connectivity index (χ3n) is 3.25. The van der Waals surface area contributed by atoms with Crippen LogP contribution in [-0.4, -0.2) is 19.7 Å². The van der Waals surface area contributed by atoms with Crippen LogP contribution in [0.5, 0.6) is 5.75 Å². The van der Waals surface area contributed by atoms with Crippen molar-refractivity contribution < 1.29 is 9.13 Å². The van der Waals surface area contributed by atoms with Crippen LogP contribution in [0.15, 0.2) is 12.1 Å². The number of hydrogen-bond acceptors (Lipinski definition) is 2. The smallest absolute Gasteiger partial charge is 0.129 e. The van der Waals surface area contributed by atoms with Crippen molar-refractivity contribution in [1.82, 2.24) is 5.32 Å². The van der Waals surface area contributed by atoms with Gasteiger partial charge in [-0.15, -0.1) is 0 Å². The monoisotopic (exact) mass is 223 g/mol. The molecule has 0 spiro atoms. The Morgan fingerprint density at radius 1 is 1.50 bits per heavy atom. The summed E-state index contributed by atoms with van der Waals surface area (Å²) in [5.41, 5.74) is 1.71. The first-order valence-corrected chi connectivity index (χ1v) is 5.77. The summed E-state index contributed by atoms with van der Waals surface area (Å²) >= 11 is 0. The minimum absolute atomic E-state index is 0.194. The number of nitrogens with one attached hydrogen (secondary N) is 1. The average Bonchev–Trinajstić information content (AvgIpc) is 2.77. The maximum atomic E-state index is 13.4. The molecule has 0 aliphatic carbocycles. The summed E-state index contributed by atoms with van der Waals surface area (Å²) in [4.78, 5) is 0. The lowest BCUT2D eigenvalue weighted by Crippen LogP contribution is -2.24. The van der Waals surface area contributed by atoms with Crippen molar-refractivity contribution in [2.75, 3.05) is 13.7 Å². The van der Waals surface area contributed by atoms with Gasteiger partial charge in [0, 0.05) is 11.6 Å². The summed E-state index contributed by atoms with van der Waals surface area (Å²) in [6.07, 6.45) is 3.34. The summed E-state index contributed by atoms with van der Waals surface area (Å²) in [7, 11) is 1.60. The Morgan fingerprint density at radius 2 is 2.31 bits per heavy atom. The van der Waals surface area contributed by atoms with Crippen molar-refractivity contribution >= 4 is 0 Å². The summed E-state index contributed by atoms with van der Waals surface area (Å²) in [6, 6.07) is 3.88. The van der Waals surface area contributed by atoms with Crippen LogP contribution in [0.1, 0.15) is 24.0 Å². The lowest BCUT2D eigenvalue weighted by Gasteiger charge is -2.15. The summed E-state index contributed by atoms with van der Waals surface area (Å²) in [6.45, 7) is 2.85. The van der Waals surface area contributed by atoms with E-state index in [1.54, 1.807) is 14.0 Å². The average molecular weight is 223 g/mol. The molecule has 0 aromatic heterocycles. The van der Waals surface area contributed by atoms with Crippen molar-refractivity contribution in [1.29, 1.82) is 0 Å². The molecule has 1 unspecified atom stereocenters. The molecule has 1 fully saturated rings. The standard InChI is InChI=1S/C13H18FNO/c1-9-12(14)6-5-10(13(9)16-2)8-11-4-3-7-15-11/h5-6,11,15H,3-4,7-8H2,1-2H3. The lowest BCUT2D eigenvalue weighted by molar-refractivity contribution is 0.399. The number of methoxy groups -OCH3 is 1. The van der Waals surface area contributed by atoms with Crippen LogP contribution in [0, 0.1) is 12.7 Å². The van der Waals surface area contributed by atoms with E-state index in [9.17, 15) is 4.39 Å². The minimum atomic E-state index is -0.194. The van der Waals surface area contributed by atoms with Crippen LogP contribution in [0.2, 0.25) is 0 Å². The largest absolute Gasteiger partial charge is 0.496 e. The predicted molar refractivity (Wildman–Crippen MR) is 62.4 cm³/mol. The molecule has 1 atom stereocenters. The molecule has 88 valence electrons. The van der Waals surface area contributed by atoms with Gasteiger partial charge in [-0.05, 0) is 44.4 Å². The molecule has 1 heterocycles. The van der Waals surface area contributed by atoms with Gasteiger partial charge in [0.05, 0.1) is 7.11 Å². The minimum Gasteiger partial charge on any atom is -0.496 e. The molecule has 1 saturated heterocycles. The maximum absolute atomic E-state index is 13.4. The van der Waals surface area contributed by atoms with Crippen LogP contribution >= 0.6 is 0 Å². The Morgan fingerprint density at radius 3 is 2.94 bits per heavy atom. The first-order chi connectivity index (χ1) is 7.72. The second-order valence-corrected chi connectivity index (χ2v) is 4.36.